The third kappa shape index (κ3) is 7.69. The molecule has 0 bridgehead atoms. The fourth-order valence-corrected chi connectivity index (χ4v) is 2.29. The lowest BCUT2D eigenvalue weighted by molar-refractivity contribution is -0.137. The van der Waals surface area contributed by atoms with Gasteiger partial charge in [0, 0.05) is 12.8 Å². The molecule has 0 saturated carbocycles. The molecule has 0 fully saturated rings. The smallest absolute Gasteiger partial charge is 0.389 e. The number of ether oxygens (including phenoxy) is 2. The zero-order chi connectivity index (χ0) is 20.6. The minimum absolute atomic E-state index is 0.0176. The molecule has 0 atom stereocenters. The van der Waals surface area contributed by atoms with E-state index in [-0.39, 0.29) is 25.0 Å². The first-order chi connectivity index (χ1) is 13.2. The minimum Gasteiger partial charge on any atom is -0.494 e. The van der Waals surface area contributed by atoms with Gasteiger partial charge in [0.25, 0.3) is 0 Å². The van der Waals surface area contributed by atoms with Crippen molar-refractivity contribution >= 4 is 11.9 Å². The largest absolute Gasteiger partial charge is 0.494 e. The van der Waals surface area contributed by atoms with Crippen LogP contribution in [0.25, 0.3) is 0 Å². The van der Waals surface area contributed by atoms with Gasteiger partial charge in [-0.15, -0.1) is 0 Å². The molecular weight excluding hydrogens is 377 g/mol. The second kappa shape index (κ2) is 9.77. The van der Waals surface area contributed by atoms with Crippen LogP contribution in [0.4, 0.5) is 13.2 Å². The number of carboxylic acid groups (broad SMARTS) is 1. The summed E-state index contributed by atoms with van der Waals surface area (Å²) in [5.41, 5.74) is 1.08. The average molecular weight is 396 g/mol. The van der Waals surface area contributed by atoms with Gasteiger partial charge in [-0.05, 0) is 54.8 Å². The minimum atomic E-state index is -4.20. The van der Waals surface area contributed by atoms with Crippen LogP contribution in [0.2, 0.25) is 0 Å². The van der Waals surface area contributed by atoms with Crippen LogP contribution in [0.1, 0.15) is 35.2 Å². The Morgan fingerprint density at radius 1 is 0.929 bits per heavy atom. The summed E-state index contributed by atoms with van der Waals surface area (Å²) in [6, 6.07) is 12.4. The lowest BCUT2D eigenvalue weighted by Gasteiger charge is -2.09. The van der Waals surface area contributed by atoms with Gasteiger partial charge in [-0.1, -0.05) is 12.1 Å². The zero-order valence-corrected chi connectivity index (χ0v) is 14.9. The summed E-state index contributed by atoms with van der Waals surface area (Å²) in [6.45, 7) is -0.0719. The van der Waals surface area contributed by atoms with Crippen molar-refractivity contribution in [1.82, 2.24) is 0 Å². The summed E-state index contributed by atoms with van der Waals surface area (Å²) < 4.78 is 46.6. The maximum Gasteiger partial charge on any atom is 0.389 e. The number of hydrogen-bond donors (Lipinski definition) is 1. The maximum atomic E-state index is 12.1. The van der Waals surface area contributed by atoms with E-state index in [0.717, 1.165) is 5.56 Å². The molecule has 0 spiro atoms. The van der Waals surface area contributed by atoms with Crippen molar-refractivity contribution in [3.8, 4) is 11.5 Å². The number of hydrogen-bond acceptors (Lipinski definition) is 4. The van der Waals surface area contributed by atoms with Crippen LogP contribution in [0.5, 0.6) is 11.5 Å². The van der Waals surface area contributed by atoms with Crippen molar-refractivity contribution in [2.75, 3.05) is 6.61 Å². The SMILES string of the molecule is O=C(O)CCc1ccc(OC(=O)c2ccc(OCCCC(F)(F)F)cc2)cc1. The molecule has 0 aliphatic carbocycles. The topological polar surface area (TPSA) is 72.8 Å². The summed E-state index contributed by atoms with van der Waals surface area (Å²) in [7, 11) is 0. The molecule has 0 aromatic heterocycles. The second-order valence-electron chi connectivity index (χ2n) is 6.02. The van der Waals surface area contributed by atoms with Crippen molar-refractivity contribution in [1.29, 1.82) is 0 Å². The van der Waals surface area contributed by atoms with E-state index in [1.165, 1.54) is 24.3 Å². The van der Waals surface area contributed by atoms with Gasteiger partial charge in [0.1, 0.15) is 11.5 Å². The normalized spacial score (nSPS) is 11.1. The standard InChI is InChI=1S/C20H19F3O5/c21-20(22,23)12-1-13-27-16-9-5-15(6-10-16)19(26)28-17-7-2-14(3-8-17)4-11-18(24)25/h2-3,5-10H,1,4,11-13H2,(H,24,25). The highest BCUT2D eigenvalue weighted by Gasteiger charge is 2.26. The molecule has 28 heavy (non-hydrogen) atoms. The molecule has 1 N–H and O–H groups in total. The van der Waals surface area contributed by atoms with Gasteiger partial charge in [0.15, 0.2) is 0 Å². The zero-order valence-electron chi connectivity index (χ0n) is 14.9. The molecule has 0 heterocycles. The van der Waals surface area contributed by atoms with Crippen LogP contribution in [-0.4, -0.2) is 29.8 Å². The third-order valence-electron chi connectivity index (χ3n) is 3.72. The molecule has 0 radical (unpaired) electrons. The molecule has 2 aromatic rings. The molecule has 0 saturated heterocycles. The van der Waals surface area contributed by atoms with Gasteiger partial charge in [-0.2, -0.15) is 13.2 Å². The van der Waals surface area contributed by atoms with Gasteiger partial charge in [0.05, 0.1) is 12.2 Å². The van der Waals surface area contributed by atoms with E-state index in [2.05, 4.69) is 0 Å². The van der Waals surface area contributed by atoms with E-state index in [1.807, 2.05) is 0 Å². The van der Waals surface area contributed by atoms with Gasteiger partial charge in [-0.25, -0.2) is 4.79 Å². The maximum absolute atomic E-state index is 12.1. The van der Waals surface area contributed by atoms with Crippen LogP contribution >= 0.6 is 0 Å². The number of benzene rings is 2. The van der Waals surface area contributed by atoms with Crippen molar-refractivity contribution < 1.29 is 37.3 Å². The fourth-order valence-electron chi connectivity index (χ4n) is 2.29. The highest BCUT2D eigenvalue weighted by atomic mass is 19.4. The Labute approximate surface area is 159 Å². The number of aryl methyl sites for hydroxylation is 1. The predicted octanol–water partition coefficient (Wildman–Crippen LogP) is 4.64. The Balaban J connectivity index is 1.83. The molecule has 8 heteroatoms. The fraction of sp³-hybridized carbons (Fsp3) is 0.300. The summed E-state index contributed by atoms with van der Waals surface area (Å²) in [6.07, 6.45) is -4.86. The van der Waals surface area contributed by atoms with Gasteiger partial charge < -0.3 is 14.6 Å². The summed E-state index contributed by atoms with van der Waals surface area (Å²) in [5.74, 6) is -0.803. The first-order valence-corrected chi connectivity index (χ1v) is 8.55. The van der Waals surface area contributed by atoms with E-state index in [9.17, 15) is 22.8 Å². The monoisotopic (exact) mass is 396 g/mol. The first kappa shape index (κ1) is 21.3. The first-order valence-electron chi connectivity index (χ1n) is 8.55. The van der Waals surface area contributed by atoms with E-state index >= 15 is 0 Å². The van der Waals surface area contributed by atoms with E-state index in [4.69, 9.17) is 14.6 Å². The van der Waals surface area contributed by atoms with Crippen LogP contribution in [-0.2, 0) is 11.2 Å². The molecule has 0 aliphatic heterocycles. The van der Waals surface area contributed by atoms with Crippen LogP contribution < -0.4 is 9.47 Å². The number of halogens is 3. The lowest BCUT2D eigenvalue weighted by atomic mass is 10.1. The Morgan fingerprint density at radius 3 is 2.11 bits per heavy atom. The van der Waals surface area contributed by atoms with Crippen LogP contribution in [0.3, 0.4) is 0 Å². The summed E-state index contributed by atoms with van der Waals surface area (Å²) in [4.78, 5) is 22.7. The molecule has 2 rings (SSSR count). The Bertz CT molecular complexity index is 783. The van der Waals surface area contributed by atoms with E-state index in [1.54, 1.807) is 24.3 Å². The number of alkyl halides is 3. The van der Waals surface area contributed by atoms with Crippen molar-refractivity contribution in [2.45, 2.75) is 31.9 Å². The van der Waals surface area contributed by atoms with Crippen molar-refractivity contribution in [3.05, 3.63) is 59.7 Å². The van der Waals surface area contributed by atoms with Crippen molar-refractivity contribution in [2.24, 2.45) is 0 Å². The third-order valence-corrected chi connectivity index (χ3v) is 3.72. The number of rotatable bonds is 9. The number of esters is 1. The molecule has 0 amide bonds. The number of carbonyl (C=O) groups is 2. The van der Waals surface area contributed by atoms with Gasteiger partial charge >= 0.3 is 18.1 Å². The summed E-state index contributed by atoms with van der Waals surface area (Å²) >= 11 is 0. The number of carbonyl (C=O) groups excluding carboxylic acids is 1. The molecule has 2 aromatic carbocycles. The highest BCUT2D eigenvalue weighted by Crippen LogP contribution is 2.22. The Morgan fingerprint density at radius 2 is 1.54 bits per heavy atom. The molecule has 0 aliphatic rings. The quantitative estimate of drug-likeness (QED) is 0.380. The molecular formula is C20H19F3O5. The molecule has 0 unspecified atom stereocenters. The van der Waals surface area contributed by atoms with E-state index in [0.29, 0.717) is 17.9 Å². The second-order valence-corrected chi connectivity index (χ2v) is 6.02. The highest BCUT2D eigenvalue weighted by molar-refractivity contribution is 5.91. The predicted molar refractivity (Wildman–Crippen MR) is 94.6 cm³/mol. The van der Waals surface area contributed by atoms with Gasteiger partial charge in [0.2, 0.25) is 0 Å². The molecule has 5 nitrogen and oxygen atoms in total. The number of carboxylic acids is 1. The van der Waals surface area contributed by atoms with Crippen LogP contribution in [0.15, 0.2) is 48.5 Å². The summed E-state index contributed by atoms with van der Waals surface area (Å²) in [5, 5.41) is 8.66. The Hall–Kier alpha value is -3.03. The lowest BCUT2D eigenvalue weighted by Crippen LogP contribution is -2.10. The van der Waals surface area contributed by atoms with Gasteiger partial charge in [-0.3, -0.25) is 4.79 Å². The van der Waals surface area contributed by atoms with E-state index < -0.39 is 24.5 Å². The van der Waals surface area contributed by atoms with Crippen LogP contribution in [0, 0.1) is 0 Å². The number of aliphatic carboxylic acids is 1. The molecule has 150 valence electrons. The average Bonchev–Trinajstić information content (AvgIpc) is 2.64. The Kier molecular flexibility index (Phi) is 7.43. The van der Waals surface area contributed by atoms with Crippen molar-refractivity contribution in [3.63, 3.8) is 0 Å².